The molecule has 1 N–H and O–H groups in total. The zero-order valence-electron chi connectivity index (χ0n) is 10.1. The van der Waals surface area contributed by atoms with Crippen molar-refractivity contribution < 1.29 is 0 Å². The number of rotatable bonds is 3. The molecule has 0 amide bonds. The largest absolute Gasteiger partial charge is 0.317 e. The number of thioether (sulfide) groups is 1. The van der Waals surface area contributed by atoms with E-state index in [0.717, 1.165) is 10.7 Å². The molecule has 0 saturated heterocycles. The fourth-order valence-electron chi connectivity index (χ4n) is 2.28. The van der Waals surface area contributed by atoms with Gasteiger partial charge in [-0.15, -0.1) is 0 Å². The van der Waals surface area contributed by atoms with Gasteiger partial charge >= 0.3 is 0 Å². The van der Waals surface area contributed by atoms with Gasteiger partial charge in [-0.2, -0.15) is 0 Å². The van der Waals surface area contributed by atoms with Gasteiger partial charge in [-0.25, -0.2) is 9.97 Å². The van der Waals surface area contributed by atoms with E-state index in [4.69, 9.17) is 0 Å². The van der Waals surface area contributed by atoms with Crippen LogP contribution >= 0.6 is 11.8 Å². The highest BCUT2D eigenvalue weighted by molar-refractivity contribution is 7.99. The first-order valence-corrected chi connectivity index (χ1v) is 6.71. The third-order valence-electron chi connectivity index (χ3n) is 3.37. The van der Waals surface area contributed by atoms with Crippen LogP contribution in [0.25, 0.3) is 0 Å². The Bertz CT molecular complexity index is 339. The van der Waals surface area contributed by atoms with Crippen molar-refractivity contribution in [3.63, 3.8) is 0 Å². The van der Waals surface area contributed by atoms with Gasteiger partial charge in [0.15, 0.2) is 5.16 Å². The van der Waals surface area contributed by atoms with Crippen LogP contribution in [-0.2, 0) is 0 Å². The van der Waals surface area contributed by atoms with E-state index < -0.39 is 0 Å². The van der Waals surface area contributed by atoms with Gasteiger partial charge in [-0.1, -0.05) is 18.7 Å². The van der Waals surface area contributed by atoms with Gasteiger partial charge in [0.2, 0.25) is 0 Å². The zero-order chi connectivity index (χ0) is 11.5. The summed E-state index contributed by atoms with van der Waals surface area (Å²) in [6, 6.07) is 0.656. The maximum absolute atomic E-state index is 4.36. The average molecular weight is 237 g/mol. The lowest BCUT2D eigenvalue weighted by Gasteiger charge is -2.19. The predicted molar refractivity (Wildman–Crippen MR) is 67.7 cm³/mol. The standard InChI is InChI=1S/C12H19N3S/c1-8-6-14-12(15-7-8)16-11-5-4-10(13-3)9(11)2/h6-7,9-11,13H,4-5H2,1-3H3. The number of nitrogens with zero attached hydrogens (tertiary/aromatic N) is 2. The van der Waals surface area contributed by atoms with E-state index in [1.54, 1.807) is 0 Å². The third kappa shape index (κ3) is 2.55. The van der Waals surface area contributed by atoms with Crippen molar-refractivity contribution >= 4 is 11.8 Å². The van der Waals surface area contributed by atoms with Crippen molar-refractivity contribution in [3.8, 4) is 0 Å². The van der Waals surface area contributed by atoms with Crippen LogP contribution < -0.4 is 5.32 Å². The summed E-state index contributed by atoms with van der Waals surface area (Å²) in [6.45, 7) is 4.34. The molecule has 1 heterocycles. The third-order valence-corrected chi connectivity index (χ3v) is 4.76. The number of hydrogen-bond donors (Lipinski definition) is 1. The van der Waals surface area contributed by atoms with Crippen molar-refractivity contribution in [2.45, 2.75) is 43.1 Å². The van der Waals surface area contributed by atoms with Gasteiger partial charge in [0.1, 0.15) is 0 Å². The fourth-order valence-corrected chi connectivity index (χ4v) is 3.44. The molecule has 0 spiro atoms. The summed E-state index contributed by atoms with van der Waals surface area (Å²) in [7, 11) is 2.05. The summed E-state index contributed by atoms with van der Waals surface area (Å²) in [5.74, 6) is 0.694. The molecule has 1 aliphatic rings. The first-order valence-electron chi connectivity index (χ1n) is 5.83. The molecule has 1 aromatic heterocycles. The van der Waals surface area contributed by atoms with Gasteiger partial charge in [0, 0.05) is 23.7 Å². The molecule has 0 bridgehead atoms. The predicted octanol–water partition coefficient (Wildman–Crippen LogP) is 2.26. The maximum Gasteiger partial charge on any atom is 0.187 e. The van der Waals surface area contributed by atoms with Crippen LogP contribution in [0, 0.1) is 12.8 Å². The minimum absolute atomic E-state index is 0.653. The zero-order valence-corrected chi connectivity index (χ0v) is 10.9. The van der Waals surface area contributed by atoms with Crippen molar-refractivity contribution in [3.05, 3.63) is 18.0 Å². The number of aryl methyl sites for hydroxylation is 1. The summed E-state index contributed by atoms with van der Waals surface area (Å²) in [4.78, 5) is 8.72. The molecule has 3 nitrogen and oxygen atoms in total. The summed E-state index contributed by atoms with van der Waals surface area (Å²) < 4.78 is 0. The normalized spacial score (nSPS) is 29.6. The van der Waals surface area contributed by atoms with E-state index in [-0.39, 0.29) is 0 Å². The topological polar surface area (TPSA) is 37.8 Å². The number of aromatic nitrogens is 2. The second-order valence-corrected chi connectivity index (χ2v) is 5.74. The molecule has 1 aliphatic carbocycles. The van der Waals surface area contributed by atoms with Crippen molar-refractivity contribution in [1.29, 1.82) is 0 Å². The van der Waals surface area contributed by atoms with Crippen LogP contribution in [-0.4, -0.2) is 28.3 Å². The molecule has 16 heavy (non-hydrogen) atoms. The van der Waals surface area contributed by atoms with Gasteiger partial charge in [0.05, 0.1) is 0 Å². The molecule has 1 saturated carbocycles. The molecule has 4 heteroatoms. The van der Waals surface area contributed by atoms with E-state index >= 15 is 0 Å². The molecule has 1 fully saturated rings. The van der Waals surface area contributed by atoms with Crippen LogP contribution in [0.4, 0.5) is 0 Å². The second kappa shape index (κ2) is 5.15. The molecule has 3 atom stereocenters. The Balaban J connectivity index is 1.98. The lowest BCUT2D eigenvalue weighted by atomic mass is 10.1. The summed E-state index contributed by atoms with van der Waals surface area (Å²) in [5, 5.41) is 4.95. The minimum Gasteiger partial charge on any atom is -0.317 e. The van der Waals surface area contributed by atoms with E-state index in [1.165, 1.54) is 12.8 Å². The molecule has 88 valence electrons. The highest BCUT2D eigenvalue weighted by Gasteiger charge is 2.32. The molecule has 0 radical (unpaired) electrons. The summed E-state index contributed by atoms with van der Waals surface area (Å²) in [6.07, 6.45) is 6.31. The van der Waals surface area contributed by atoms with E-state index in [2.05, 4.69) is 29.3 Å². The smallest absolute Gasteiger partial charge is 0.187 e. The average Bonchev–Trinajstić information content (AvgIpc) is 2.63. The molecule has 0 aliphatic heterocycles. The Hall–Kier alpha value is -0.610. The molecule has 0 aromatic carbocycles. The van der Waals surface area contributed by atoms with Gasteiger partial charge in [0.25, 0.3) is 0 Å². The lowest BCUT2D eigenvalue weighted by Crippen LogP contribution is -2.30. The highest BCUT2D eigenvalue weighted by Crippen LogP contribution is 2.37. The van der Waals surface area contributed by atoms with Crippen molar-refractivity contribution in [2.75, 3.05) is 7.05 Å². The van der Waals surface area contributed by atoms with Crippen molar-refractivity contribution in [1.82, 2.24) is 15.3 Å². The highest BCUT2D eigenvalue weighted by atomic mass is 32.2. The van der Waals surface area contributed by atoms with E-state index in [1.807, 2.05) is 31.1 Å². The molecule has 3 unspecified atom stereocenters. The van der Waals surface area contributed by atoms with Crippen LogP contribution in [0.1, 0.15) is 25.3 Å². The Morgan fingerprint density at radius 3 is 2.56 bits per heavy atom. The van der Waals surface area contributed by atoms with Crippen LogP contribution in [0.15, 0.2) is 17.6 Å². The molecule has 2 rings (SSSR count). The fraction of sp³-hybridized carbons (Fsp3) is 0.667. The molecular weight excluding hydrogens is 218 g/mol. The molecule has 1 aromatic rings. The Morgan fingerprint density at radius 1 is 1.31 bits per heavy atom. The van der Waals surface area contributed by atoms with E-state index in [9.17, 15) is 0 Å². The van der Waals surface area contributed by atoms with Crippen LogP contribution in [0.5, 0.6) is 0 Å². The van der Waals surface area contributed by atoms with E-state index in [0.29, 0.717) is 17.2 Å². The SMILES string of the molecule is CNC1CCC(Sc2ncc(C)cn2)C1C. The first kappa shape index (κ1) is 11.9. The van der Waals surface area contributed by atoms with Gasteiger partial charge in [-0.3, -0.25) is 0 Å². The Morgan fingerprint density at radius 2 is 2.00 bits per heavy atom. The van der Waals surface area contributed by atoms with Crippen LogP contribution in [0.3, 0.4) is 0 Å². The number of nitrogens with one attached hydrogen (secondary N) is 1. The minimum atomic E-state index is 0.653. The van der Waals surface area contributed by atoms with Crippen molar-refractivity contribution in [2.24, 2.45) is 5.92 Å². The number of hydrogen-bond acceptors (Lipinski definition) is 4. The first-order chi connectivity index (χ1) is 7.70. The van der Waals surface area contributed by atoms with Gasteiger partial charge < -0.3 is 5.32 Å². The maximum atomic E-state index is 4.36. The second-order valence-electron chi connectivity index (χ2n) is 4.53. The van der Waals surface area contributed by atoms with Crippen LogP contribution in [0.2, 0.25) is 0 Å². The Kier molecular flexibility index (Phi) is 3.82. The lowest BCUT2D eigenvalue weighted by molar-refractivity contribution is 0.463. The van der Waals surface area contributed by atoms with Gasteiger partial charge in [-0.05, 0) is 38.3 Å². The Labute approximate surface area is 101 Å². The monoisotopic (exact) mass is 237 g/mol. The molecular formula is C12H19N3S. The summed E-state index contributed by atoms with van der Waals surface area (Å²) in [5.41, 5.74) is 1.12. The summed E-state index contributed by atoms with van der Waals surface area (Å²) >= 11 is 1.82. The quantitative estimate of drug-likeness (QED) is 0.818.